The van der Waals surface area contributed by atoms with Crippen molar-refractivity contribution in [1.29, 1.82) is 0 Å². The Balaban J connectivity index is 1.59. The van der Waals surface area contributed by atoms with Crippen molar-refractivity contribution < 1.29 is 0 Å². The highest BCUT2D eigenvalue weighted by molar-refractivity contribution is 5.01. The fourth-order valence-corrected chi connectivity index (χ4v) is 3.30. The van der Waals surface area contributed by atoms with E-state index in [0.717, 1.165) is 5.92 Å². The molecule has 0 aromatic carbocycles. The van der Waals surface area contributed by atoms with Crippen LogP contribution >= 0.6 is 0 Å². The topological polar surface area (TPSA) is 15.3 Å². The summed E-state index contributed by atoms with van der Waals surface area (Å²) in [7, 11) is 0. The van der Waals surface area contributed by atoms with Gasteiger partial charge in [0.25, 0.3) is 0 Å². The fraction of sp³-hybridized carbons (Fsp3) is 1.00. The molecule has 2 heterocycles. The molecule has 14 heavy (non-hydrogen) atoms. The van der Waals surface area contributed by atoms with Crippen molar-refractivity contribution in [3.05, 3.63) is 0 Å². The number of rotatable bonds is 3. The molecule has 0 bridgehead atoms. The molecule has 2 saturated heterocycles. The lowest BCUT2D eigenvalue weighted by atomic mass is 9.95. The van der Waals surface area contributed by atoms with Crippen molar-refractivity contribution in [3.8, 4) is 0 Å². The molecular formula is C12H22N2. The first-order chi connectivity index (χ1) is 6.89. The van der Waals surface area contributed by atoms with E-state index in [2.05, 4.69) is 10.2 Å². The Labute approximate surface area is 87.0 Å². The quantitative estimate of drug-likeness (QED) is 0.734. The summed E-state index contributed by atoms with van der Waals surface area (Å²) in [5.41, 5.74) is 0.592. The second-order valence-electron chi connectivity index (χ2n) is 5.47. The molecule has 2 nitrogen and oxygen atoms in total. The first kappa shape index (κ1) is 9.17. The van der Waals surface area contributed by atoms with Crippen molar-refractivity contribution in [2.45, 2.75) is 44.1 Å². The lowest BCUT2D eigenvalue weighted by Crippen LogP contribution is -2.46. The average molecular weight is 194 g/mol. The first-order valence-corrected chi connectivity index (χ1v) is 6.35. The van der Waals surface area contributed by atoms with Gasteiger partial charge < -0.3 is 5.32 Å². The second kappa shape index (κ2) is 3.49. The SMILES string of the molecule is C1CN(CCC2CC2)C2(C1)CCNC2. The Kier molecular flexibility index (Phi) is 2.29. The Morgan fingerprint density at radius 3 is 2.93 bits per heavy atom. The summed E-state index contributed by atoms with van der Waals surface area (Å²) in [6.07, 6.45) is 8.79. The summed E-state index contributed by atoms with van der Waals surface area (Å²) in [4.78, 5) is 2.80. The molecule has 3 fully saturated rings. The molecule has 0 radical (unpaired) electrons. The first-order valence-electron chi connectivity index (χ1n) is 6.35. The highest BCUT2D eigenvalue weighted by Gasteiger charge is 2.42. The third-order valence-corrected chi connectivity index (χ3v) is 4.47. The molecule has 1 aliphatic carbocycles. The highest BCUT2D eigenvalue weighted by Crippen LogP contribution is 2.37. The third kappa shape index (κ3) is 1.59. The molecule has 3 aliphatic rings. The van der Waals surface area contributed by atoms with E-state index < -0.39 is 0 Å². The maximum Gasteiger partial charge on any atom is 0.0346 e. The molecule has 0 aromatic rings. The van der Waals surface area contributed by atoms with Gasteiger partial charge >= 0.3 is 0 Å². The smallest absolute Gasteiger partial charge is 0.0346 e. The van der Waals surface area contributed by atoms with Gasteiger partial charge in [-0.3, -0.25) is 4.90 Å². The molecule has 1 N–H and O–H groups in total. The van der Waals surface area contributed by atoms with Gasteiger partial charge in [-0.1, -0.05) is 12.8 Å². The van der Waals surface area contributed by atoms with E-state index in [1.807, 2.05) is 0 Å². The molecule has 1 spiro atoms. The zero-order valence-electron chi connectivity index (χ0n) is 9.10. The second-order valence-corrected chi connectivity index (χ2v) is 5.47. The summed E-state index contributed by atoms with van der Waals surface area (Å²) in [5.74, 6) is 1.10. The van der Waals surface area contributed by atoms with Crippen molar-refractivity contribution in [2.75, 3.05) is 26.2 Å². The predicted octanol–water partition coefficient (Wildman–Crippen LogP) is 1.61. The molecule has 0 aromatic heterocycles. The maximum absolute atomic E-state index is 3.55. The minimum Gasteiger partial charge on any atom is -0.315 e. The van der Waals surface area contributed by atoms with E-state index in [1.165, 1.54) is 64.7 Å². The van der Waals surface area contributed by atoms with Gasteiger partial charge in [0.15, 0.2) is 0 Å². The summed E-state index contributed by atoms with van der Waals surface area (Å²) >= 11 is 0. The van der Waals surface area contributed by atoms with Crippen LogP contribution in [0.1, 0.15) is 38.5 Å². The van der Waals surface area contributed by atoms with Crippen LogP contribution < -0.4 is 5.32 Å². The van der Waals surface area contributed by atoms with Gasteiger partial charge in [-0.05, 0) is 51.2 Å². The molecule has 2 heteroatoms. The van der Waals surface area contributed by atoms with Gasteiger partial charge in [0, 0.05) is 12.1 Å². The molecular weight excluding hydrogens is 172 g/mol. The van der Waals surface area contributed by atoms with Crippen LogP contribution in [0.3, 0.4) is 0 Å². The number of hydrogen-bond acceptors (Lipinski definition) is 2. The summed E-state index contributed by atoms with van der Waals surface area (Å²) in [6.45, 7) is 5.26. The van der Waals surface area contributed by atoms with E-state index in [9.17, 15) is 0 Å². The largest absolute Gasteiger partial charge is 0.315 e. The molecule has 2 aliphatic heterocycles. The lowest BCUT2D eigenvalue weighted by Gasteiger charge is -2.34. The lowest BCUT2D eigenvalue weighted by molar-refractivity contribution is 0.152. The van der Waals surface area contributed by atoms with Gasteiger partial charge in [-0.15, -0.1) is 0 Å². The minimum absolute atomic E-state index is 0.592. The number of hydrogen-bond donors (Lipinski definition) is 1. The highest BCUT2D eigenvalue weighted by atomic mass is 15.3. The minimum atomic E-state index is 0.592. The molecule has 1 saturated carbocycles. The van der Waals surface area contributed by atoms with Crippen LogP contribution in [-0.4, -0.2) is 36.6 Å². The van der Waals surface area contributed by atoms with Crippen molar-refractivity contribution in [3.63, 3.8) is 0 Å². The summed E-state index contributed by atoms with van der Waals surface area (Å²) in [6, 6.07) is 0. The predicted molar refractivity (Wildman–Crippen MR) is 58.4 cm³/mol. The van der Waals surface area contributed by atoms with E-state index >= 15 is 0 Å². The van der Waals surface area contributed by atoms with Crippen molar-refractivity contribution in [2.24, 2.45) is 5.92 Å². The maximum atomic E-state index is 3.55. The number of nitrogens with zero attached hydrogens (tertiary/aromatic N) is 1. The molecule has 0 amide bonds. The molecule has 1 unspecified atom stereocenters. The number of likely N-dealkylation sites (tertiary alicyclic amines) is 1. The van der Waals surface area contributed by atoms with Gasteiger partial charge in [0.1, 0.15) is 0 Å². The Morgan fingerprint density at radius 1 is 1.29 bits per heavy atom. The molecule has 80 valence electrons. The fourth-order valence-electron chi connectivity index (χ4n) is 3.30. The number of nitrogens with one attached hydrogen (secondary N) is 1. The van der Waals surface area contributed by atoms with Gasteiger partial charge in [-0.2, -0.15) is 0 Å². The van der Waals surface area contributed by atoms with Crippen molar-refractivity contribution >= 4 is 0 Å². The van der Waals surface area contributed by atoms with E-state index in [0.29, 0.717) is 5.54 Å². The van der Waals surface area contributed by atoms with Crippen molar-refractivity contribution in [1.82, 2.24) is 10.2 Å². The Bertz CT molecular complexity index is 199. The van der Waals surface area contributed by atoms with Gasteiger partial charge in [0.05, 0.1) is 0 Å². The third-order valence-electron chi connectivity index (χ3n) is 4.47. The van der Waals surface area contributed by atoms with Gasteiger partial charge in [0.2, 0.25) is 0 Å². The molecule has 1 atom stereocenters. The summed E-state index contributed by atoms with van der Waals surface area (Å²) in [5, 5.41) is 3.55. The van der Waals surface area contributed by atoms with E-state index in [1.54, 1.807) is 0 Å². The van der Waals surface area contributed by atoms with Gasteiger partial charge in [-0.25, -0.2) is 0 Å². The van der Waals surface area contributed by atoms with Crippen LogP contribution in [0, 0.1) is 5.92 Å². The molecule has 3 rings (SSSR count). The van der Waals surface area contributed by atoms with Crippen LogP contribution in [-0.2, 0) is 0 Å². The van der Waals surface area contributed by atoms with E-state index in [4.69, 9.17) is 0 Å². The average Bonchev–Trinajstić information content (AvgIpc) is 2.77. The zero-order valence-corrected chi connectivity index (χ0v) is 9.10. The van der Waals surface area contributed by atoms with Crippen LogP contribution in [0.2, 0.25) is 0 Å². The Hall–Kier alpha value is -0.0800. The van der Waals surface area contributed by atoms with E-state index in [-0.39, 0.29) is 0 Å². The normalized spacial score (nSPS) is 38.6. The standard InChI is InChI=1S/C12H22N2/c1-5-12(6-7-13-10-12)14(8-1)9-4-11-2-3-11/h11,13H,1-10H2. The Morgan fingerprint density at radius 2 is 2.21 bits per heavy atom. The summed E-state index contributed by atoms with van der Waals surface area (Å²) < 4.78 is 0. The zero-order chi connectivity index (χ0) is 9.43. The van der Waals surface area contributed by atoms with Crippen LogP contribution in [0.25, 0.3) is 0 Å². The van der Waals surface area contributed by atoms with Crippen LogP contribution in [0.5, 0.6) is 0 Å². The monoisotopic (exact) mass is 194 g/mol. The van der Waals surface area contributed by atoms with Crippen LogP contribution in [0.4, 0.5) is 0 Å². The van der Waals surface area contributed by atoms with Crippen LogP contribution in [0.15, 0.2) is 0 Å².